The zero-order valence-electron chi connectivity index (χ0n) is 7.72. The minimum atomic E-state index is -4.17. The van der Waals surface area contributed by atoms with Gasteiger partial charge in [-0.3, -0.25) is 0 Å². The van der Waals surface area contributed by atoms with Gasteiger partial charge in [0.1, 0.15) is 6.72 Å². The van der Waals surface area contributed by atoms with Crippen molar-refractivity contribution in [3.8, 4) is 0 Å². The molecule has 2 unspecified atom stereocenters. The van der Waals surface area contributed by atoms with Crippen LogP contribution in [-0.4, -0.2) is 48.4 Å². The molecule has 1 aliphatic heterocycles. The normalized spacial score (nSPS) is 28.0. The predicted octanol–water partition coefficient (Wildman–Crippen LogP) is 0.922. The fourth-order valence-corrected chi connectivity index (χ4v) is 1.93. The number of hydrogen-bond acceptors (Lipinski definition) is 2. The summed E-state index contributed by atoms with van der Waals surface area (Å²) >= 11 is 4.24. The summed E-state index contributed by atoms with van der Waals surface area (Å²) in [5.41, 5.74) is 0. The van der Waals surface area contributed by atoms with Gasteiger partial charge in [0, 0.05) is 11.8 Å². The van der Waals surface area contributed by atoms with Crippen molar-refractivity contribution < 1.29 is 17.7 Å². The minimum Gasteiger partial charge on any atom is -0.307 e. The molecule has 0 amide bonds. The third-order valence-corrected chi connectivity index (χ3v) is 2.47. The summed E-state index contributed by atoms with van der Waals surface area (Å²) in [5.74, 6) is 0. The summed E-state index contributed by atoms with van der Waals surface area (Å²) in [6.45, 7) is 3.48. The van der Waals surface area contributed by atoms with Crippen molar-refractivity contribution in [3.05, 3.63) is 0 Å². The highest BCUT2D eigenvalue weighted by Gasteiger charge is 2.35. The fraction of sp³-hybridized carbons (Fsp3) is 0.875. The van der Waals surface area contributed by atoms with E-state index in [0.717, 1.165) is 17.5 Å². The van der Waals surface area contributed by atoms with Gasteiger partial charge in [0.2, 0.25) is 6.54 Å². The molecule has 0 aromatic rings. The van der Waals surface area contributed by atoms with E-state index >= 15 is 0 Å². The smallest absolute Gasteiger partial charge is 0.307 e. The molecule has 1 fully saturated rings. The van der Waals surface area contributed by atoms with Gasteiger partial charge in [-0.2, -0.15) is 25.8 Å². The van der Waals surface area contributed by atoms with E-state index in [2.05, 4.69) is 24.7 Å². The summed E-state index contributed by atoms with van der Waals surface area (Å²) in [5, 5.41) is 3.35. The summed E-state index contributed by atoms with van der Waals surface area (Å²) in [4.78, 5) is 0. The van der Waals surface area contributed by atoms with Gasteiger partial charge in [-0.1, -0.05) is 0 Å². The van der Waals surface area contributed by atoms with Crippen molar-refractivity contribution in [1.29, 1.82) is 0 Å². The maximum atomic E-state index is 11.9. The van der Waals surface area contributed by atoms with Crippen LogP contribution < -0.4 is 5.32 Å². The molecule has 0 aromatic heterocycles. The van der Waals surface area contributed by atoms with Crippen LogP contribution in [0.1, 0.15) is 6.42 Å². The highest BCUT2D eigenvalue weighted by molar-refractivity contribution is 7.81. The van der Waals surface area contributed by atoms with Crippen molar-refractivity contribution in [2.45, 2.75) is 23.9 Å². The van der Waals surface area contributed by atoms with Crippen LogP contribution >= 0.6 is 12.6 Å². The monoisotopic (exact) mass is 227 g/mol. The number of rotatable bonds is 3. The SMILES string of the molecule is C=[N+](CC1CC(S)CN1)CC(F)(F)F. The Morgan fingerprint density at radius 3 is 2.57 bits per heavy atom. The highest BCUT2D eigenvalue weighted by Crippen LogP contribution is 2.16. The van der Waals surface area contributed by atoms with Gasteiger partial charge in [-0.25, -0.2) is 4.58 Å². The molecular weight excluding hydrogens is 213 g/mol. The number of halogens is 3. The van der Waals surface area contributed by atoms with Crippen LogP contribution in [0.4, 0.5) is 13.2 Å². The van der Waals surface area contributed by atoms with Gasteiger partial charge in [0.15, 0.2) is 6.54 Å². The summed E-state index contributed by atoms with van der Waals surface area (Å²) < 4.78 is 36.9. The Labute approximate surface area is 86.6 Å². The standard InChI is InChI=1S/C8H13F3N2S/c1-13(5-8(9,10)11)4-6-2-7(14)3-12-6/h6-7,12H,1-5H2/p+1. The van der Waals surface area contributed by atoms with E-state index in [-0.39, 0.29) is 11.3 Å². The number of alkyl halides is 3. The molecule has 0 spiro atoms. The van der Waals surface area contributed by atoms with Crippen molar-refractivity contribution in [2.24, 2.45) is 0 Å². The Kier molecular flexibility index (Phi) is 3.83. The second-order valence-corrected chi connectivity index (χ2v) is 4.35. The van der Waals surface area contributed by atoms with Gasteiger partial charge in [-0.15, -0.1) is 0 Å². The van der Waals surface area contributed by atoms with Gasteiger partial charge in [0.25, 0.3) is 0 Å². The van der Waals surface area contributed by atoms with Crippen LogP contribution in [-0.2, 0) is 0 Å². The zero-order valence-corrected chi connectivity index (χ0v) is 8.61. The molecule has 0 radical (unpaired) electrons. The lowest BCUT2D eigenvalue weighted by Crippen LogP contribution is -2.35. The molecule has 1 saturated heterocycles. The van der Waals surface area contributed by atoms with Crippen molar-refractivity contribution >= 4 is 19.3 Å². The molecule has 14 heavy (non-hydrogen) atoms. The Bertz CT molecular complexity index is 217. The van der Waals surface area contributed by atoms with E-state index < -0.39 is 12.7 Å². The van der Waals surface area contributed by atoms with Crippen LogP contribution in [0.5, 0.6) is 0 Å². The Balaban J connectivity index is 2.27. The van der Waals surface area contributed by atoms with Crippen molar-refractivity contribution in [3.63, 3.8) is 0 Å². The topological polar surface area (TPSA) is 15.0 Å². The first-order valence-electron chi connectivity index (χ1n) is 4.40. The number of hydrogen-bond donors (Lipinski definition) is 2. The number of thiol groups is 1. The summed E-state index contributed by atoms with van der Waals surface area (Å²) in [7, 11) is 0. The molecule has 0 bridgehead atoms. The van der Waals surface area contributed by atoms with E-state index in [1.807, 2.05) is 0 Å². The van der Waals surface area contributed by atoms with Crippen LogP contribution in [0.2, 0.25) is 0 Å². The largest absolute Gasteiger partial charge is 0.448 e. The van der Waals surface area contributed by atoms with Crippen molar-refractivity contribution in [1.82, 2.24) is 5.32 Å². The first kappa shape index (κ1) is 11.8. The van der Waals surface area contributed by atoms with E-state index in [9.17, 15) is 13.2 Å². The lowest BCUT2D eigenvalue weighted by atomic mass is 10.2. The van der Waals surface area contributed by atoms with Gasteiger partial charge in [0.05, 0.1) is 6.04 Å². The highest BCUT2D eigenvalue weighted by atomic mass is 32.1. The van der Waals surface area contributed by atoms with E-state index in [0.29, 0.717) is 6.54 Å². The Morgan fingerprint density at radius 1 is 1.50 bits per heavy atom. The molecular formula is C8H14F3N2S+. The van der Waals surface area contributed by atoms with Crippen LogP contribution in [0, 0.1) is 0 Å². The van der Waals surface area contributed by atoms with Gasteiger partial charge < -0.3 is 5.32 Å². The molecule has 1 heterocycles. The molecule has 1 rings (SSSR count). The lowest BCUT2D eigenvalue weighted by molar-refractivity contribution is -0.553. The Morgan fingerprint density at radius 2 is 2.14 bits per heavy atom. The van der Waals surface area contributed by atoms with Crippen LogP contribution in [0.3, 0.4) is 0 Å². The molecule has 0 aromatic carbocycles. The van der Waals surface area contributed by atoms with E-state index in [1.54, 1.807) is 0 Å². The second kappa shape index (κ2) is 4.53. The average molecular weight is 227 g/mol. The second-order valence-electron chi connectivity index (χ2n) is 3.62. The van der Waals surface area contributed by atoms with E-state index in [4.69, 9.17) is 0 Å². The summed E-state index contributed by atoms with van der Waals surface area (Å²) in [6.07, 6.45) is -3.37. The average Bonchev–Trinajstić information content (AvgIpc) is 2.30. The molecule has 6 heteroatoms. The first-order valence-corrected chi connectivity index (χ1v) is 4.92. The molecule has 1 aliphatic rings. The maximum Gasteiger partial charge on any atom is 0.448 e. The minimum absolute atomic E-state index is 0.0809. The molecule has 2 atom stereocenters. The van der Waals surface area contributed by atoms with Gasteiger partial charge in [-0.05, 0) is 6.42 Å². The van der Waals surface area contributed by atoms with E-state index in [1.165, 1.54) is 0 Å². The first-order chi connectivity index (χ1) is 6.37. The molecule has 2 nitrogen and oxygen atoms in total. The maximum absolute atomic E-state index is 11.9. The molecule has 0 aliphatic carbocycles. The van der Waals surface area contributed by atoms with Crippen LogP contribution in [0.25, 0.3) is 0 Å². The lowest BCUT2D eigenvalue weighted by Gasteiger charge is -2.09. The number of nitrogens with one attached hydrogen (secondary N) is 1. The third-order valence-electron chi connectivity index (χ3n) is 2.08. The quantitative estimate of drug-likeness (QED) is 0.416. The molecule has 82 valence electrons. The zero-order chi connectivity index (χ0) is 10.8. The molecule has 0 saturated carbocycles. The third kappa shape index (κ3) is 4.32. The Hall–Kier alpha value is -0.230. The predicted molar refractivity (Wildman–Crippen MR) is 52.4 cm³/mol. The number of nitrogens with zero attached hydrogens (tertiary/aromatic N) is 1. The molecule has 1 N–H and O–H groups in total. The summed E-state index contributed by atoms with van der Waals surface area (Å²) in [6, 6.07) is 0.0809. The van der Waals surface area contributed by atoms with Crippen molar-refractivity contribution in [2.75, 3.05) is 19.6 Å². The van der Waals surface area contributed by atoms with Crippen LogP contribution in [0.15, 0.2) is 0 Å². The van der Waals surface area contributed by atoms with Gasteiger partial charge >= 0.3 is 6.18 Å². The fourth-order valence-electron chi connectivity index (χ4n) is 1.57.